The van der Waals surface area contributed by atoms with Crippen molar-refractivity contribution in [1.29, 1.82) is 0 Å². The van der Waals surface area contributed by atoms with Crippen molar-refractivity contribution in [1.82, 2.24) is 0 Å². The van der Waals surface area contributed by atoms with Crippen LogP contribution in [0.3, 0.4) is 0 Å². The smallest absolute Gasteiger partial charge is 0.121 e. The summed E-state index contributed by atoms with van der Waals surface area (Å²) in [6, 6.07) is 13.0. The van der Waals surface area contributed by atoms with Crippen molar-refractivity contribution in [2.75, 3.05) is 7.11 Å². The molecule has 21 heavy (non-hydrogen) atoms. The minimum Gasteiger partial charge on any atom is -0.497 e. The lowest BCUT2D eigenvalue weighted by Gasteiger charge is -2.23. The van der Waals surface area contributed by atoms with Crippen molar-refractivity contribution >= 4 is 11.6 Å². The minimum atomic E-state index is -0.227. The molecule has 4 heteroatoms. The van der Waals surface area contributed by atoms with Gasteiger partial charge < -0.3 is 15.2 Å². The second kappa shape index (κ2) is 6.83. The van der Waals surface area contributed by atoms with Crippen molar-refractivity contribution in [3.63, 3.8) is 0 Å². The number of hydrogen-bond acceptors (Lipinski definition) is 3. The second-order valence-electron chi connectivity index (χ2n) is 5.03. The van der Waals surface area contributed by atoms with Crippen molar-refractivity contribution in [3.05, 3.63) is 58.6 Å². The van der Waals surface area contributed by atoms with Gasteiger partial charge in [0.25, 0.3) is 0 Å². The van der Waals surface area contributed by atoms with Crippen LogP contribution in [0.25, 0.3) is 0 Å². The molecule has 112 valence electrons. The summed E-state index contributed by atoms with van der Waals surface area (Å²) in [5, 5.41) is 0.647. The van der Waals surface area contributed by atoms with Crippen molar-refractivity contribution in [2.24, 2.45) is 5.73 Å². The molecule has 0 aliphatic carbocycles. The van der Waals surface area contributed by atoms with Gasteiger partial charge in [-0.3, -0.25) is 0 Å². The summed E-state index contributed by atoms with van der Waals surface area (Å²) in [6.45, 7) is 3.97. The molecule has 2 atom stereocenters. The molecule has 0 radical (unpaired) electrons. The molecule has 0 heterocycles. The highest BCUT2D eigenvalue weighted by molar-refractivity contribution is 6.30. The van der Waals surface area contributed by atoms with Crippen LogP contribution < -0.4 is 15.2 Å². The normalized spacial score (nSPS) is 13.6. The van der Waals surface area contributed by atoms with Gasteiger partial charge in [-0.1, -0.05) is 23.7 Å². The zero-order valence-corrected chi connectivity index (χ0v) is 13.2. The van der Waals surface area contributed by atoms with Crippen LogP contribution in [0, 0.1) is 6.92 Å². The number of ether oxygens (including phenoxy) is 2. The first-order chi connectivity index (χ1) is 10.0. The molecule has 0 bridgehead atoms. The second-order valence-corrected chi connectivity index (χ2v) is 5.47. The highest BCUT2D eigenvalue weighted by Gasteiger charge is 2.18. The third-order valence-electron chi connectivity index (χ3n) is 3.46. The molecule has 2 aromatic rings. The molecule has 0 aliphatic rings. The highest BCUT2D eigenvalue weighted by atomic mass is 35.5. The predicted octanol–water partition coefficient (Wildman–Crippen LogP) is 4.12. The monoisotopic (exact) mass is 305 g/mol. The van der Waals surface area contributed by atoms with E-state index in [4.69, 9.17) is 26.8 Å². The van der Waals surface area contributed by atoms with E-state index in [-0.39, 0.29) is 12.1 Å². The molecular weight excluding hydrogens is 286 g/mol. The lowest BCUT2D eigenvalue weighted by Crippen LogP contribution is -2.29. The first kappa shape index (κ1) is 15.7. The number of nitrogens with two attached hydrogens (primary N) is 1. The van der Waals surface area contributed by atoms with Gasteiger partial charge in [-0.05, 0) is 55.3 Å². The van der Waals surface area contributed by atoms with E-state index in [1.54, 1.807) is 13.2 Å². The molecule has 0 amide bonds. The Kier molecular flexibility index (Phi) is 5.10. The van der Waals surface area contributed by atoms with Gasteiger partial charge in [-0.15, -0.1) is 0 Å². The van der Waals surface area contributed by atoms with Gasteiger partial charge in [-0.25, -0.2) is 0 Å². The molecule has 0 aromatic heterocycles. The minimum absolute atomic E-state index is 0.171. The van der Waals surface area contributed by atoms with Crippen LogP contribution in [0.2, 0.25) is 5.02 Å². The van der Waals surface area contributed by atoms with E-state index < -0.39 is 0 Å². The van der Waals surface area contributed by atoms with Gasteiger partial charge in [0.2, 0.25) is 0 Å². The quantitative estimate of drug-likeness (QED) is 0.903. The van der Waals surface area contributed by atoms with E-state index in [1.807, 2.05) is 50.2 Å². The fourth-order valence-electron chi connectivity index (χ4n) is 2.23. The average molecular weight is 306 g/mol. The van der Waals surface area contributed by atoms with Gasteiger partial charge in [-0.2, -0.15) is 0 Å². The lowest BCUT2D eigenvalue weighted by atomic mass is 9.98. The largest absolute Gasteiger partial charge is 0.497 e. The molecule has 3 nitrogen and oxygen atoms in total. The Morgan fingerprint density at radius 3 is 2.48 bits per heavy atom. The third kappa shape index (κ3) is 3.90. The zero-order chi connectivity index (χ0) is 15.4. The summed E-state index contributed by atoms with van der Waals surface area (Å²) < 4.78 is 11.1. The number of benzene rings is 2. The number of halogens is 1. The Morgan fingerprint density at radius 2 is 1.86 bits per heavy atom. The van der Waals surface area contributed by atoms with Gasteiger partial charge in [0.05, 0.1) is 13.2 Å². The molecule has 2 unspecified atom stereocenters. The van der Waals surface area contributed by atoms with E-state index in [9.17, 15) is 0 Å². The van der Waals surface area contributed by atoms with Crippen LogP contribution in [0.4, 0.5) is 0 Å². The van der Waals surface area contributed by atoms with Crippen molar-refractivity contribution < 1.29 is 9.47 Å². The van der Waals surface area contributed by atoms with Gasteiger partial charge in [0.15, 0.2) is 0 Å². The summed E-state index contributed by atoms with van der Waals surface area (Å²) in [7, 11) is 1.65. The summed E-state index contributed by atoms with van der Waals surface area (Å²) in [5.41, 5.74) is 8.45. The number of rotatable bonds is 5. The van der Waals surface area contributed by atoms with Crippen LogP contribution in [0.15, 0.2) is 42.5 Å². The number of aryl methyl sites for hydroxylation is 1. The predicted molar refractivity (Wildman–Crippen MR) is 86.2 cm³/mol. The molecular formula is C17H20ClNO2. The Balaban J connectivity index is 2.13. The van der Waals surface area contributed by atoms with E-state index in [0.717, 1.165) is 22.6 Å². The Bertz CT molecular complexity index is 615. The Hall–Kier alpha value is -1.71. The first-order valence-electron chi connectivity index (χ1n) is 6.83. The lowest BCUT2D eigenvalue weighted by molar-refractivity contribution is 0.190. The SMILES string of the molecule is COc1ccc(C(N)C(C)Oc2cccc(Cl)c2)c(C)c1. The molecule has 2 aromatic carbocycles. The number of hydrogen-bond donors (Lipinski definition) is 1. The van der Waals surface area contributed by atoms with Crippen LogP contribution in [-0.4, -0.2) is 13.2 Å². The van der Waals surface area contributed by atoms with E-state index >= 15 is 0 Å². The zero-order valence-electron chi connectivity index (χ0n) is 12.5. The fourth-order valence-corrected chi connectivity index (χ4v) is 2.41. The Morgan fingerprint density at radius 1 is 1.10 bits per heavy atom. The maximum Gasteiger partial charge on any atom is 0.121 e. The fraction of sp³-hybridized carbons (Fsp3) is 0.294. The highest BCUT2D eigenvalue weighted by Crippen LogP contribution is 2.26. The van der Waals surface area contributed by atoms with Crippen LogP contribution in [0.5, 0.6) is 11.5 Å². The standard InChI is InChI=1S/C17H20ClNO2/c1-11-9-14(20-3)7-8-16(11)17(19)12(2)21-15-6-4-5-13(18)10-15/h4-10,12,17H,19H2,1-3H3. The third-order valence-corrected chi connectivity index (χ3v) is 3.69. The molecule has 0 fully saturated rings. The summed E-state index contributed by atoms with van der Waals surface area (Å²) in [4.78, 5) is 0. The van der Waals surface area contributed by atoms with E-state index in [1.165, 1.54) is 0 Å². The maximum atomic E-state index is 6.32. The topological polar surface area (TPSA) is 44.5 Å². The van der Waals surface area contributed by atoms with E-state index in [0.29, 0.717) is 5.02 Å². The van der Waals surface area contributed by atoms with E-state index in [2.05, 4.69) is 0 Å². The molecule has 0 saturated heterocycles. The van der Waals surface area contributed by atoms with Crippen LogP contribution >= 0.6 is 11.6 Å². The number of methoxy groups -OCH3 is 1. The summed E-state index contributed by atoms with van der Waals surface area (Å²) in [5.74, 6) is 1.54. The van der Waals surface area contributed by atoms with Gasteiger partial charge in [0.1, 0.15) is 17.6 Å². The van der Waals surface area contributed by atoms with Crippen molar-refractivity contribution in [3.8, 4) is 11.5 Å². The first-order valence-corrected chi connectivity index (χ1v) is 7.21. The van der Waals surface area contributed by atoms with Gasteiger partial charge in [0, 0.05) is 5.02 Å². The summed E-state index contributed by atoms with van der Waals surface area (Å²) >= 11 is 5.96. The molecule has 0 saturated carbocycles. The average Bonchev–Trinajstić information content (AvgIpc) is 2.46. The molecule has 0 spiro atoms. The maximum absolute atomic E-state index is 6.32. The van der Waals surface area contributed by atoms with Gasteiger partial charge >= 0.3 is 0 Å². The van der Waals surface area contributed by atoms with Crippen LogP contribution in [0.1, 0.15) is 24.1 Å². The summed E-state index contributed by atoms with van der Waals surface area (Å²) in [6.07, 6.45) is -0.171. The molecule has 2 N–H and O–H groups in total. The van der Waals surface area contributed by atoms with Crippen molar-refractivity contribution in [2.45, 2.75) is 26.0 Å². The molecule has 2 rings (SSSR count). The Labute approximate surface area is 130 Å². The van der Waals surface area contributed by atoms with Crippen LogP contribution in [-0.2, 0) is 0 Å². The molecule has 0 aliphatic heterocycles.